The van der Waals surface area contributed by atoms with E-state index in [0.29, 0.717) is 0 Å². The smallest absolute Gasteiger partial charge is 0.123 e. The zero-order valence-electron chi connectivity index (χ0n) is 11.2. The van der Waals surface area contributed by atoms with E-state index in [1.807, 2.05) is 25.1 Å². The van der Waals surface area contributed by atoms with Gasteiger partial charge in [-0.3, -0.25) is 0 Å². The maximum atomic E-state index is 6.34. The van der Waals surface area contributed by atoms with Gasteiger partial charge in [0.05, 0.1) is 11.9 Å². The number of hydrogen-bond acceptors (Lipinski definition) is 1. The Morgan fingerprint density at radius 2 is 1.63 bits per heavy atom. The van der Waals surface area contributed by atoms with Crippen LogP contribution in [0.4, 0.5) is 0 Å². The number of rotatable bonds is 3. The van der Waals surface area contributed by atoms with E-state index in [2.05, 4.69) is 41.1 Å². The van der Waals surface area contributed by atoms with Gasteiger partial charge in [-0.15, -0.1) is 0 Å². The molecule has 0 heterocycles. The third kappa shape index (κ3) is 3.13. The summed E-state index contributed by atoms with van der Waals surface area (Å²) in [5, 5.41) is 0.769. The first-order chi connectivity index (χ1) is 9.02. The average Bonchev–Trinajstić information content (AvgIpc) is 2.38. The molecule has 0 aliphatic heterocycles. The quantitative estimate of drug-likeness (QED) is 0.676. The molecule has 0 saturated heterocycles. The predicted octanol–water partition coefficient (Wildman–Crippen LogP) is 5.45. The number of benzene rings is 2. The van der Waals surface area contributed by atoms with Crippen LogP contribution in [-0.2, 0) is 0 Å². The van der Waals surface area contributed by atoms with Gasteiger partial charge in [-0.05, 0) is 37.1 Å². The summed E-state index contributed by atoms with van der Waals surface area (Å²) in [5.41, 5.74) is 4.50. The van der Waals surface area contributed by atoms with Crippen molar-refractivity contribution in [1.82, 2.24) is 0 Å². The molecule has 3 heteroatoms. The molecule has 0 aromatic heterocycles. The topological polar surface area (TPSA) is 9.23 Å². The van der Waals surface area contributed by atoms with E-state index in [1.54, 1.807) is 7.11 Å². The Kier molecular flexibility index (Phi) is 4.54. The summed E-state index contributed by atoms with van der Waals surface area (Å²) < 4.78 is 5.43. The van der Waals surface area contributed by atoms with E-state index in [4.69, 9.17) is 16.3 Å². The molecule has 0 amide bonds. The molecule has 0 N–H and O–H groups in total. The molecule has 0 spiro atoms. The number of aryl methyl sites for hydroxylation is 2. The number of methoxy groups -OCH3 is 1. The molecule has 100 valence electrons. The van der Waals surface area contributed by atoms with Crippen LogP contribution in [-0.4, -0.2) is 7.11 Å². The Hall–Kier alpha value is -0.990. The average molecular weight is 340 g/mol. The molecule has 1 unspecified atom stereocenters. The first kappa shape index (κ1) is 14.4. The maximum absolute atomic E-state index is 6.34. The van der Waals surface area contributed by atoms with Crippen LogP contribution in [0.3, 0.4) is 0 Å². The van der Waals surface area contributed by atoms with Crippen LogP contribution in [0.5, 0.6) is 5.75 Å². The van der Waals surface area contributed by atoms with Gasteiger partial charge in [0.2, 0.25) is 0 Å². The Morgan fingerprint density at radius 3 is 2.26 bits per heavy atom. The highest BCUT2D eigenvalue weighted by Crippen LogP contribution is 2.40. The van der Waals surface area contributed by atoms with Gasteiger partial charge >= 0.3 is 0 Å². The van der Waals surface area contributed by atoms with Crippen molar-refractivity contribution in [2.45, 2.75) is 18.7 Å². The molecule has 2 aromatic rings. The lowest BCUT2D eigenvalue weighted by molar-refractivity contribution is 0.410. The van der Waals surface area contributed by atoms with Crippen molar-refractivity contribution in [3.8, 4) is 5.75 Å². The lowest BCUT2D eigenvalue weighted by atomic mass is 10.0. The minimum absolute atomic E-state index is 0.0236. The van der Waals surface area contributed by atoms with Crippen molar-refractivity contribution in [3.63, 3.8) is 0 Å². The van der Waals surface area contributed by atoms with Gasteiger partial charge in [0, 0.05) is 10.6 Å². The Balaban J connectivity index is 2.49. The van der Waals surface area contributed by atoms with Gasteiger partial charge in [-0.25, -0.2) is 0 Å². The van der Waals surface area contributed by atoms with Crippen LogP contribution >= 0.6 is 27.5 Å². The normalized spacial score (nSPS) is 12.3. The largest absolute Gasteiger partial charge is 0.496 e. The van der Waals surface area contributed by atoms with Crippen LogP contribution in [0.25, 0.3) is 0 Å². The summed E-state index contributed by atoms with van der Waals surface area (Å²) in [4.78, 5) is 0.0236. The predicted molar refractivity (Wildman–Crippen MR) is 84.7 cm³/mol. The number of halogens is 2. The number of alkyl halides is 1. The van der Waals surface area contributed by atoms with Crippen molar-refractivity contribution >= 4 is 27.5 Å². The Morgan fingerprint density at radius 1 is 1.00 bits per heavy atom. The zero-order valence-corrected chi connectivity index (χ0v) is 13.5. The molecule has 19 heavy (non-hydrogen) atoms. The fourth-order valence-corrected chi connectivity index (χ4v) is 3.29. The van der Waals surface area contributed by atoms with E-state index in [9.17, 15) is 0 Å². The van der Waals surface area contributed by atoms with E-state index >= 15 is 0 Å². The highest BCUT2D eigenvalue weighted by atomic mass is 79.9. The zero-order chi connectivity index (χ0) is 14.0. The summed E-state index contributed by atoms with van der Waals surface area (Å²) in [6.07, 6.45) is 0. The molecule has 2 aromatic carbocycles. The Bertz CT molecular complexity index is 595. The van der Waals surface area contributed by atoms with Crippen LogP contribution < -0.4 is 4.74 Å². The third-order valence-corrected chi connectivity index (χ3v) is 4.40. The first-order valence-corrected chi connectivity index (χ1v) is 7.37. The van der Waals surface area contributed by atoms with Gasteiger partial charge in [-0.2, -0.15) is 0 Å². The van der Waals surface area contributed by atoms with Crippen LogP contribution in [0.2, 0.25) is 5.02 Å². The SMILES string of the molecule is COc1ccc(C)cc1C(Br)c1ccc(C)cc1Cl. The highest BCUT2D eigenvalue weighted by molar-refractivity contribution is 9.09. The first-order valence-electron chi connectivity index (χ1n) is 6.07. The molecule has 0 fully saturated rings. The van der Waals surface area contributed by atoms with E-state index in [1.165, 1.54) is 5.56 Å². The minimum Gasteiger partial charge on any atom is -0.496 e. The second-order valence-corrected chi connectivity index (χ2v) is 5.96. The van der Waals surface area contributed by atoms with Gasteiger partial charge in [-0.1, -0.05) is 57.4 Å². The molecule has 2 rings (SSSR count). The molecule has 0 bridgehead atoms. The molecule has 0 aliphatic rings. The molecular formula is C16H16BrClO. The van der Waals surface area contributed by atoms with Crippen LogP contribution in [0.1, 0.15) is 27.1 Å². The van der Waals surface area contributed by atoms with E-state index in [0.717, 1.165) is 27.5 Å². The number of hydrogen-bond donors (Lipinski definition) is 0. The van der Waals surface area contributed by atoms with Crippen molar-refractivity contribution < 1.29 is 4.74 Å². The van der Waals surface area contributed by atoms with Crippen molar-refractivity contribution in [2.75, 3.05) is 7.11 Å². The summed E-state index contributed by atoms with van der Waals surface area (Å²) >= 11 is 10.1. The molecular weight excluding hydrogens is 324 g/mol. The molecule has 0 radical (unpaired) electrons. The third-order valence-electron chi connectivity index (χ3n) is 3.09. The molecule has 1 atom stereocenters. The van der Waals surface area contributed by atoms with Gasteiger partial charge in [0.15, 0.2) is 0 Å². The van der Waals surface area contributed by atoms with Crippen molar-refractivity contribution in [2.24, 2.45) is 0 Å². The van der Waals surface area contributed by atoms with E-state index < -0.39 is 0 Å². The summed E-state index contributed by atoms with van der Waals surface area (Å²) in [6, 6.07) is 12.2. The second kappa shape index (κ2) is 5.98. The molecule has 1 nitrogen and oxygen atoms in total. The Labute approximate surface area is 127 Å². The lowest BCUT2D eigenvalue weighted by Gasteiger charge is -2.17. The van der Waals surface area contributed by atoms with E-state index in [-0.39, 0.29) is 4.83 Å². The highest BCUT2D eigenvalue weighted by Gasteiger charge is 2.18. The summed E-state index contributed by atoms with van der Waals surface area (Å²) in [6.45, 7) is 4.10. The monoisotopic (exact) mass is 338 g/mol. The number of ether oxygens (including phenoxy) is 1. The van der Waals surface area contributed by atoms with Crippen LogP contribution in [0, 0.1) is 13.8 Å². The fraction of sp³-hybridized carbons (Fsp3) is 0.250. The maximum Gasteiger partial charge on any atom is 0.123 e. The van der Waals surface area contributed by atoms with Gasteiger partial charge in [0.25, 0.3) is 0 Å². The second-order valence-electron chi connectivity index (χ2n) is 4.63. The molecule has 0 saturated carbocycles. The fourth-order valence-electron chi connectivity index (χ4n) is 2.06. The van der Waals surface area contributed by atoms with Crippen molar-refractivity contribution in [1.29, 1.82) is 0 Å². The summed E-state index contributed by atoms with van der Waals surface area (Å²) in [7, 11) is 1.69. The van der Waals surface area contributed by atoms with Gasteiger partial charge < -0.3 is 4.74 Å². The van der Waals surface area contributed by atoms with Gasteiger partial charge in [0.1, 0.15) is 5.75 Å². The van der Waals surface area contributed by atoms with Crippen molar-refractivity contribution in [3.05, 3.63) is 63.7 Å². The standard InChI is InChI=1S/C16H16BrClO/c1-10-5-7-15(19-3)13(8-10)16(17)12-6-4-11(2)9-14(12)18/h4-9,16H,1-3H3. The summed E-state index contributed by atoms with van der Waals surface area (Å²) in [5.74, 6) is 0.865. The lowest BCUT2D eigenvalue weighted by Crippen LogP contribution is -1.98. The minimum atomic E-state index is 0.0236. The molecule has 0 aliphatic carbocycles. The van der Waals surface area contributed by atoms with Crippen LogP contribution in [0.15, 0.2) is 36.4 Å².